The molecule has 0 heterocycles. The molecule has 0 radical (unpaired) electrons. The summed E-state index contributed by atoms with van der Waals surface area (Å²) in [6, 6.07) is 0. The van der Waals surface area contributed by atoms with E-state index in [2.05, 4.69) is 12.2 Å². The van der Waals surface area contributed by atoms with Crippen LogP contribution in [0.25, 0.3) is 0 Å². The van der Waals surface area contributed by atoms with Crippen LogP contribution in [0, 0.1) is 0 Å². The Morgan fingerprint density at radius 1 is 1.00 bits per heavy atom. The van der Waals surface area contributed by atoms with Crippen molar-refractivity contribution in [2.45, 2.75) is 63.4 Å². The van der Waals surface area contributed by atoms with Crippen LogP contribution >= 0.6 is 0 Å². The zero-order valence-corrected chi connectivity index (χ0v) is 11.9. The number of unbranched alkanes of at least 4 members (excludes halogenated alkanes) is 4. The minimum Gasteiger partial charge on any atom is -0.394 e. The zero-order chi connectivity index (χ0) is 15.5. The highest BCUT2D eigenvalue weighted by molar-refractivity contribution is 5.81. The molecule has 0 saturated carbocycles. The Balaban J connectivity index is 3.96. The van der Waals surface area contributed by atoms with Gasteiger partial charge in [0.1, 0.15) is 18.3 Å². The summed E-state index contributed by atoms with van der Waals surface area (Å²) >= 11 is 0. The molecular weight excluding hydrogens is 266 g/mol. The lowest BCUT2D eigenvalue weighted by molar-refractivity contribution is -0.148. The Bertz CT molecular complexity index is 263. The first-order chi connectivity index (χ1) is 9.45. The number of aliphatic hydroxyl groups excluding tert-OH is 5. The summed E-state index contributed by atoms with van der Waals surface area (Å²) < 4.78 is 0. The van der Waals surface area contributed by atoms with E-state index in [0.29, 0.717) is 6.54 Å². The number of amides is 1. The largest absolute Gasteiger partial charge is 0.394 e. The van der Waals surface area contributed by atoms with Crippen LogP contribution in [0.15, 0.2) is 0 Å². The summed E-state index contributed by atoms with van der Waals surface area (Å²) in [7, 11) is 0. The molecule has 0 aromatic carbocycles. The molecule has 1 amide bonds. The summed E-state index contributed by atoms with van der Waals surface area (Å²) in [5.74, 6) is -0.808. The molecule has 7 heteroatoms. The van der Waals surface area contributed by atoms with E-state index in [9.17, 15) is 20.1 Å². The molecule has 0 bridgehead atoms. The smallest absolute Gasteiger partial charge is 0.251 e. The van der Waals surface area contributed by atoms with Crippen molar-refractivity contribution < 1.29 is 30.3 Å². The molecule has 6 N–H and O–H groups in total. The molecule has 20 heavy (non-hydrogen) atoms. The number of carbonyl (C=O) groups excluding carboxylic acids is 1. The number of hydrogen-bond donors (Lipinski definition) is 6. The van der Waals surface area contributed by atoms with Gasteiger partial charge in [-0.3, -0.25) is 4.79 Å². The highest BCUT2D eigenvalue weighted by Gasteiger charge is 2.33. The fraction of sp³-hybridized carbons (Fsp3) is 0.923. The van der Waals surface area contributed by atoms with E-state index in [4.69, 9.17) is 10.2 Å². The molecule has 120 valence electrons. The van der Waals surface area contributed by atoms with Crippen LogP contribution in [0.5, 0.6) is 0 Å². The van der Waals surface area contributed by atoms with Crippen LogP contribution in [-0.2, 0) is 4.79 Å². The molecule has 7 nitrogen and oxygen atoms in total. The third kappa shape index (κ3) is 7.16. The summed E-state index contributed by atoms with van der Waals surface area (Å²) in [5, 5.41) is 48.6. The quantitative estimate of drug-likeness (QED) is 0.257. The van der Waals surface area contributed by atoms with Crippen molar-refractivity contribution in [3.05, 3.63) is 0 Å². The number of carbonyl (C=O) groups is 1. The second-order valence-electron chi connectivity index (χ2n) is 4.88. The monoisotopic (exact) mass is 293 g/mol. The predicted molar refractivity (Wildman–Crippen MR) is 72.9 cm³/mol. The van der Waals surface area contributed by atoms with E-state index in [1.54, 1.807) is 0 Å². The van der Waals surface area contributed by atoms with Crippen molar-refractivity contribution in [1.29, 1.82) is 0 Å². The highest BCUT2D eigenvalue weighted by Crippen LogP contribution is 2.06. The molecule has 4 atom stereocenters. The predicted octanol–water partition coefficient (Wildman–Crippen LogP) is -1.49. The van der Waals surface area contributed by atoms with Gasteiger partial charge in [-0.2, -0.15) is 0 Å². The fourth-order valence-electron chi connectivity index (χ4n) is 1.72. The lowest BCUT2D eigenvalue weighted by Gasteiger charge is -2.24. The van der Waals surface area contributed by atoms with Crippen molar-refractivity contribution in [2.24, 2.45) is 0 Å². The summed E-state index contributed by atoms with van der Waals surface area (Å²) in [5.41, 5.74) is 0. The lowest BCUT2D eigenvalue weighted by atomic mass is 10.0. The molecule has 0 aliphatic carbocycles. The minimum absolute atomic E-state index is 0.380. The number of nitrogens with one attached hydrogen (secondary N) is 1. The number of rotatable bonds is 11. The maximum atomic E-state index is 11.5. The molecule has 0 aliphatic rings. The molecule has 0 aliphatic heterocycles. The lowest BCUT2D eigenvalue weighted by Crippen LogP contribution is -2.51. The van der Waals surface area contributed by atoms with Crippen LogP contribution in [0.4, 0.5) is 0 Å². The number of hydrogen-bond acceptors (Lipinski definition) is 6. The summed E-state index contributed by atoms with van der Waals surface area (Å²) in [6.45, 7) is 1.71. The van der Waals surface area contributed by atoms with E-state index < -0.39 is 36.9 Å². The van der Waals surface area contributed by atoms with Crippen molar-refractivity contribution in [3.8, 4) is 0 Å². The minimum atomic E-state index is -1.85. The van der Waals surface area contributed by atoms with Gasteiger partial charge >= 0.3 is 0 Å². The van der Waals surface area contributed by atoms with Crippen molar-refractivity contribution in [1.82, 2.24) is 5.32 Å². The molecule has 0 spiro atoms. The highest BCUT2D eigenvalue weighted by atomic mass is 16.4. The van der Waals surface area contributed by atoms with Gasteiger partial charge in [0.25, 0.3) is 5.91 Å². The molecule has 0 aromatic rings. The Morgan fingerprint density at radius 2 is 1.60 bits per heavy atom. The third-order valence-electron chi connectivity index (χ3n) is 3.10. The van der Waals surface area contributed by atoms with Gasteiger partial charge < -0.3 is 30.8 Å². The van der Waals surface area contributed by atoms with E-state index in [1.807, 2.05) is 0 Å². The Kier molecular flexibility index (Phi) is 10.6. The van der Waals surface area contributed by atoms with E-state index in [-0.39, 0.29) is 0 Å². The average Bonchev–Trinajstić information content (AvgIpc) is 2.47. The first kappa shape index (κ1) is 19.3. The zero-order valence-electron chi connectivity index (χ0n) is 11.9. The van der Waals surface area contributed by atoms with E-state index in [0.717, 1.165) is 32.1 Å². The maximum Gasteiger partial charge on any atom is 0.251 e. The fourth-order valence-corrected chi connectivity index (χ4v) is 1.72. The van der Waals surface area contributed by atoms with Crippen LogP contribution in [0.2, 0.25) is 0 Å². The van der Waals surface area contributed by atoms with Crippen molar-refractivity contribution in [3.63, 3.8) is 0 Å². The Morgan fingerprint density at radius 3 is 2.15 bits per heavy atom. The second-order valence-corrected chi connectivity index (χ2v) is 4.88. The molecule has 0 aromatic heterocycles. The van der Waals surface area contributed by atoms with Gasteiger partial charge in [0.15, 0.2) is 6.10 Å². The summed E-state index contributed by atoms with van der Waals surface area (Å²) in [6.07, 6.45) is -2.00. The van der Waals surface area contributed by atoms with E-state index >= 15 is 0 Å². The van der Waals surface area contributed by atoms with Crippen molar-refractivity contribution in [2.75, 3.05) is 13.2 Å². The first-order valence-electron chi connectivity index (χ1n) is 7.06. The van der Waals surface area contributed by atoms with Gasteiger partial charge in [0.2, 0.25) is 0 Å². The van der Waals surface area contributed by atoms with Crippen LogP contribution in [-0.4, -0.2) is 69.0 Å². The molecule has 0 rings (SSSR count). The van der Waals surface area contributed by atoms with Gasteiger partial charge in [-0.15, -0.1) is 0 Å². The Labute approximate surface area is 119 Å². The molecule has 0 fully saturated rings. The van der Waals surface area contributed by atoms with Crippen LogP contribution < -0.4 is 5.32 Å². The number of aliphatic hydroxyl groups is 5. The average molecular weight is 293 g/mol. The van der Waals surface area contributed by atoms with Crippen LogP contribution in [0.1, 0.15) is 39.0 Å². The van der Waals surface area contributed by atoms with Gasteiger partial charge in [-0.25, -0.2) is 0 Å². The normalized spacial score (nSPS) is 17.3. The van der Waals surface area contributed by atoms with Gasteiger partial charge in [0.05, 0.1) is 6.61 Å². The first-order valence-corrected chi connectivity index (χ1v) is 7.06. The molecular formula is C13H27NO6. The van der Waals surface area contributed by atoms with Gasteiger partial charge in [-0.05, 0) is 6.42 Å². The Hall–Kier alpha value is -0.730. The molecule has 0 saturated heterocycles. The van der Waals surface area contributed by atoms with Gasteiger partial charge in [0, 0.05) is 6.54 Å². The standard InChI is InChI=1S/C13H27NO6/c1-2-3-4-5-6-7-14-13(20)12(19)11(18)10(17)9(16)8-15/h9-12,15-19H,2-8H2,1H3,(H,14,20). The topological polar surface area (TPSA) is 130 Å². The van der Waals surface area contributed by atoms with Crippen LogP contribution in [0.3, 0.4) is 0 Å². The second kappa shape index (κ2) is 11.0. The summed E-state index contributed by atoms with van der Waals surface area (Å²) in [4.78, 5) is 11.5. The van der Waals surface area contributed by atoms with Gasteiger partial charge in [-0.1, -0.05) is 32.6 Å². The SMILES string of the molecule is CCCCCCCNC(=O)C(O)C(O)C(O)C(O)CO. The molecule has 4 unspecified atom stereocenters. The third-order valence-corrected chi connectivity index (χ3v) is 3.10. The van der Waals surface area contributed by atoms with E-state index in [1.165, 1.54) is 0 Å². The van der Waals surface area contributed by atoms with Crippen molar-refractivity contribution >= 4 is 5.91 Å². The maximum absolute atomic E-state index is 11.5.